The lowest BCUT2D eigenvalue weighted by Gasteiger charge is -2.44. The van der Waals surface area contributed by atoms with E-state index in [2.05, 4.69) is 58.9 Å². The number of hydrogen-bond acceptors (Lipinski definition) is 9. The van der Waals surface area contributed by atoms with Gasteiger partial charge in [0.05, 0.1) is 12.7 Å². The molecule has 0 unspecified atom stereocenters. The minimum Gasteiger partial charge on any atom is -0.410 e. The third kappa shape index (κ3) is 20.0. The van der Waals surface area contributed by atoms with Crippen molar-refractivity contribution in [3.8, 4) is 0 Å². The lowest BCUT2D eigenvalue weighted by atomic mass is 10.0. The monoisotopic (exact) mass is 692 g/mol. The molecule has 0 aliphatic carbocycles. The van der Waals surface area contributed by atoms with Crippen LogP contribution in [0, 0.1) is 0 Å². The second kappa shape index (κ2) is 14.8. The van der Waals surface area contributed by atoms with Crippen LogP contribution in [0.25, 0.3) is 0 Å². The maximum absolute atomic E-state index is 14.0. The third-order valence-electron chi connectivity index (χ3n) is 4.29. The first-order valence-corrected chi connectivity index (χ1v) is 36.1. The summed E-state index contributed by atoms with van der Waals surface area (Å²) in [5.74, 6) is 0. The quantitative estimate of drug-likeness (QED) is 0.0760. The molecule has 0 amide bonds. The molecule has 40 heavy (non-hydrogen) atoms. The molecule has 0 bridgehead atoms. The third-order valence-corrected chi connectivity index (χ3v) is 14.9. The smallest absolute Gasteiger partial charge is 0.410 e. The van der Waals surface area contributed by atoms with Crippen LogP contribution < -0.4 is 0 Å². The molecule has 0 rings (SSSR count). The summed E-state index contributed by atoms with van der Waals surface area (Å²) in [7, 11) is -17.3. The zero-order chi connectivity index (χ0) is 32.2. The van der Waals surface area contributed by atoms with Crippen molar-refractivity contribution in [2.75, 3.05) is 6.61 Å². The molecule has 0 N–H and O–H groups in total. The summed E-state index contributed by atoms with van der Waals surface area (Å²) in [5.41, 5.74) is 0. The highest BCUT2D eigenvalue weighted by Gasteiger charge is 2.46. The molecule has 4 atom stereocenters. The summed E-state index contributed by atoms with van der Waals surface area (Å²) in [6, 6.07) is 0. The van der Waals surface area contributed by atoms with E-state index >= 15 is 0 Å². The molecule has 0 spiro atoms. The van der Waals surface area contributed by atoms with Gasteiger partial charge in [-0.15, -0.1) is 0 Å². The first kappa shape index (κ1) is 40.9. The Morgan fingerprint density at radius 1 is 0.525 bits per heavy atom. The number of aldehydes is 1. The Bertz CT molecular complexity index is 817. The molecule has 0 aliphatic rings. The van der Waals surface area contributed by atoms with Crippen LogP contribution in [-0.2, 0) is 40.0 Å². The van der Waals surface area contributed by atoms with Gasteiger partial charge in [0.2, 0.25) is 0 Å². The van der Waals surface area contributed by atoms with E-state index in [4.69, 9.17) is 30.7 Å². The summed E-state index contributed by atoms with van der Waals surface area (Å²) >= 11 is 0. The van der Waals surface area contributed by atoms with Gasteiger partial charge in [0.25, 0.3) is 0 Å². The van der Waals surface area contributed by atoms with E-state index in [0.29, 0.717) is 0 Å². The maximum atomic E-state index is 14.0. The van der Waals surface area contributed by atoms with Gasteiger partial charge in [0, 0.05) is 0 Å². The van der Waals surface area contributed by atoms with Gasteiger partial charge in [-0.2, -0.15) is 0 Å². The number of carbonyl (C=O) groups is 1. The SMILES string of the molecule is C[Si](C)(C)O[C@@H]([C@H](O[Si](C)(C)C)[C@@H](COP(=O)(O[Si](C)(C)C)O[Si](C)(C)C)O[Si](C)(C)C)[C@H](C=O)O[Si](C)(C)C. The molecular formula is C24H61O9PSi6. The molecule has 0 saturated carbocycles. The first-order chi connectivity index (χ1) is 17.3. The summed E-state index contributed by atoms with van der Waals surface area (Å²) in [6.07, 6.45) is -2.16. The van der Waals surface area contributed by atoms with Gasteiger partial charge in [0.1, 0.15) is 24.6 Å². The minimum atomic E-state index is -3.92. The molecule has 0 aromatic heterocycles. The summed E-state index contributed by atoms with van der Waals surface area (Å²) in [5, 5.41) is 0. The summed E-state index contributed by atoms with van der Waals surface area (Å²) in [6.45, 7) is 36.4. The zero-order valence-corrected chi connectivity index (χ0v) is 35.6. The normalized spacial score (nSPS) is 17.9. The molecule has 0 aromatic carbocycles. The molecule has 0 saturated heterocycles. The van der Waals surface area contributed by atoms with E-state index in [-0.39, 0.29) is 6.61 Å². The molecule has 0 heterocycles. The Hall–Kier alpha value is 0.921. The minimum absolute atomic E-state index is 0.101. The van der Waals surface area contributed by atoms with Crippen molar-refractivity contribution >= 4 is 64.0 Å². The van der Waals surface area contributed by atoms with Crippen LogP contribution >= 0.6 is 7.82 Å². The zero-order valence-electron chi connectivity index (χ0n) is 28.7. The van der Waals surface area contributed by atoms with Crippen molar-refractivity contribution in [1.29, 1.82) is 0 Å². The molecule has 0 aliphatic heterocycles. The van der Waals surface area contributed by atoms with Crippen molar-refractivity contribution in [2.45, 2.75) is 142 Å². The van der Waals surface area contributed by atoms with Gasteiger partial charge in [-0.25, -0.2) is 4.57 Å². The van der Waals surface area contributed by atoms with Crippen molar-refractivity contribution in [1.82, 2.24) is 0 Å². The second-order valence-electron chi connectivity index (χ2n) is 16.1. The molecule has 0 fully saturated rings. The lowest BCUT2D eigenvalue weighted by molar-refractivity contribution is -0.127. The highest BCUT2D eigenvalue weighted by atomic mass is 31.2. The fourth-order valence-corrected chi connectivity index (χ4v) is 14.5. The maximum Gasteiger partial charge on any atom is 0.455 e. The van der Waals surface area contributed by atoms with E-state index in [0.717, 1.165) is 6.29 Å². The van der Waals surface area contributed by atoms with Crippen LogP contribution in [0.3, 0.4) is 0 Å². The largest absolute Gasteiger partial charge is 0.455 e. The van der Waals surface area contributed by atoms with Gasteiger partial charge in [0.15, 0.2) is 49.9 Å². The Morgan fingerprint density at radius 2 is 0.875 bits per heavy atom. The van der Waals surface area contributed by atoms with E-state index in [1.54, 1.807) is 0 Å². The van der Waals surface area contributed by atoms with Crippen molar-refractivity contribution in [3.63, 3.8) is 0 Å². The average Bonchev–Trinajstić information content (AvgIpc) is 2.59. The van der Waals surface area contributed by atoms with E-state index in [1.165, 1.54) is 0 Å². The Morgan fingerprint density at radius 3 is 1.18 bits per heavy atom. The van der Waals surface area contributed by atoms with Crippen LogP contribution in [0.4, 0.5) is 0 Å². The van der Waals surface area contributed by atoms with Crippen LogP contribution in [-0.4, -0.2) is 87.2 Å². The van der Waals surface area contributed by atoms with Crippen LogP contribution in [0.5, 0.6) is 0 Å². The predicted octanol–water partition coefficient (Wildman–Crippen LogP) is 7.89. The van der Waals surface area contributed by atoms with Gasteiger partial charge in [-0.3, -0.25) is 4.52 Å². The molecule has 240 valence electrons. The van der Waals surface area contributed by atoms with Gasteiger partial charge in [-0.1, -0.05) is 0 Å². The van der Waals surface area contributed by atoms with Crippen LogP contribution in [0.2, 0.25) is 118 Å². The van der Waals surface area contributed by atoms with Gasteiger partial charge < -0.3 is 30.9 Å². The first-order valence-electron chi connectivity index (χ1n) is 14.2. The molecular weight excluding hydrogens is 632 g/mol. The average molecular weight is 693 g/mol. The number of rotatable bonds is 19. The second-order valence-corrected chi connectivity index (χ2v) is 45.0. The fourth-order valence-electron chi connectivity index (χ4n) is 3.63. The topological polar surface area (TPSA) is 98.8 Å². The van der Waals surface area contributed by atoms with Crippen molar-refractivity contribution < 1.29 is 40.0 Å². The van der Waals surface area contributed by atoms with Crippen LogP contribution in [0.15, 0.2) is 0 Å². The van der Waals surface area contributed by atoms with Crippen molar-refractivity contribution in [3.05, 3.63) is 0 Å². The van der Waals surface area contributed by atoms with Crippen LogP contribution in [0.1, 0.15) is 0 Å². The Balaban J connectivity index is 6.93. The predicted molar refractivity (Wildman–Crippen MR) is 181 cm³/mol. The molecule has 0 aromatic rings. The lowest BCUT2D eigenvalue weighted by Crippen LogP contribution is -2.59. The summed E-state index contributed by atoms with van der Waals surface area (Å²) < 4.78 is 58.8. The highest BCUT2D eigenvalue weighted by molar-refractivity contribution is 7.52. The van der Waals surface area contributed by atoms with E-state index in [9.17, 15) is 9.36 Å². The van der Waals surface area contributed by atoms with Crippen molar-refractivity contribution in [2.24, 2.45) is 0 Å². The number of carbonyl (C=O) groups excluding carboxylic acids is 1. The molecule has 9 nitrogen and oxygen atoms in total. The Labute approximate surface area is 252 Å². The van der Waals surface area contributed by atoms with Gasteiger partial charge >= 0.3 is 7.82 Å². The number of hydrogen-bond donors (Lipinski definition) is 0. The van der Waals surface area contributed by atoms with Gasteiger partial charge in [-0.05, 0) is 118 Å². The summed E-state index contributed by atoms with van der Waals surface area (Å²) in [4.78, 5) is 12.6. The molecule has 0 radical (unpaired) electrons. The molecule has 16 heteroatoms. The standard InChI is InChI=1S/C24H61O9PSi6/c1-35(2,3)28-21(19-25)23(30-37(7,8)9)24(31-38(10,11)12)22(29-36(4,5)6)20-27-34(26,32-39(13,14)15)33-40(16,17)18/h19,21-24H,20H2,1-18H3/t21-,22+,23+,24+/m0/s1. The highest BCUT2D eigenvalue weighted by Crippen LogP contribution is 2.54. The fraction of sp³-hybridized carbons (Fsp3) is 0.958. The van der Waals surface area contributed by atoms with E-state index in [1.807, 2.05) is 58.9 Å². The Kier molecular flexibility index (Phi) is 15.1. The number of phosphoric acid groups is 1. The van der Waals surface area contributed by atoms with E-state index < -0.39 is 82.1 Å².